The van der Waals surface area contributed by atoms with Crippen molar-refractivity contribution in [3.8, 4) is 0 Å². The van der Waals surface area contributed by atoms with Crippen molar-refractivity contribution >= 4 is 5.91 Å². The number of nitrogens with one attached hydrogen (secondary N) is 1. The van der Waals surface area contributed by atoms with Crippen LogP contribution in [0.3, 0.4) is 0 Å². The van der Waals surface area contributed by atoms with E-state index in [4.69, 9.17) is 5.11 Å². The zero-order valence-electron chi connectivity index (χ0n) is 9.70. The number of carbonyl (C=O) groups excluding carboxylic acids is 1. The van der Waals surface area contributed by atoms with Gasteiger partial charge in [-0.1, -0.05) is 13.8 Å². The molecule has 4 nitrogen and oxygen atoms in total. The van der Waals surface area contributed by atoms with Crippen LogP contribution in [0.5, 0.6) is 0 Å². The summed E-state index contributed by atoms with van der Waals surface area (Å²) in [5.41, 5.74) is 0. The van der Waals surface area contributed by atoms with E-state index >= 15 is 0 Å². The van der Waals surface area contributed by atoms with Crippen LogP contribution in [0.25, 0.3) is 0 Å². The number of hydrogen-bond acceptors (Lipinski definition) is 3. The van der Waals surface area contributed by atoms with Gasteiger partial charge in [-0.05, 0) is 18.9 Å². The lowest BCUT2D eigenvalue weighted by Gasteiger charge is -2.25. The summed E-state index contributed by atoms with van der Waals surface area (Å²) < 4.78 is 0. The molecule has 0 aliphatic carbocycles. The van der Waals surface area contributed by atoms with Gasteiger partial charge in [-0.3, -0.25) is 4.79 Å². The normalized spacial score (nSPS) is 25.5. The Balaban J connectivity index is 2.54. The predicted molar refractivity (Wildman–Crippen MR) is 59.5 cm³/mol. The summed E-state index contributed by atoms with van der Waals surface area (Å²) in [5.74, 6) is 0.710. The third-order valence-electron chi connectivity index (χ3n) is 3.01. The van der Waals surface area contributed by atoms with Crippen LogP contribution in [0.15, 0.2) is 0 Å². The monoisotopic (exact) mass is 214 g/mol. The Bertz CT molecular complexity index is 203. The molecule has 1 rings (SSSR count). The first-order chi connectivity index (χ1) is 7.20. The first-order valence-corrected chi connectivity index (χ1v) is 5.81. The molecule has 2 atom stereocenters. The van der Waals surface area contributed by atoms with Crippen LogP contribution in [0.4, 0.5) is 0 Å². The lowest BCUT2D eigenvalue weighted by molar-refractivity contribution is -0.136. The highest BCUT2D eigenvalue weighted by molar-refractivity contribution is 5.79. The van der Waals surface area contributed by atoms with Crippen LogP contribution < -0.4 is 5.32 Å². The Morgan fingerprint density at radius 2 is 2.20 bits per heavy atom. The van der Waals surface area contributed by atoms with Crippen molar-refractivity contribution in [3.05, 3.63) is 0 Å². The first kappa shape index (κ1) is 12.5. The topological polar surface area (TPSA) is 52.6 Å². The Morgan fingerprint density at radius 3 is 2.67 bits per heavy atom. The number of aliphatic hydroxyl groups excluding tert-OH is 1. The largest absolute Gasteiger partial charge is 0.395 e. The zero-order valence-corrected chi connectivity index (χ0v) is 9.70. The van der Waals surface area contributed by atoms with Crippen molar-refractivity contribution in [2.24, 2.45) is 11.8 Å². The van der Waals surface area contributed by atoms with Crippen LogP contribution in [0, 0.1) is 11.8 Å². The molecule has 1 amide bonds. The summed E-state index contributed by atoms with van der Waals surface area (Å²) in [4.78, 5) is 13.9. The molecule has 1 fully saturated rings. The summed E-state index contributed by atoms with van der Waals surface area (Å²) in [6.07, 6.45) is 0.945. The molecule has 1 aliphatic rings. The molecule has 0 bridgehead atoms. The maximum atomic E-state index is 12.1. The third-order valence-corrected chi connectivity index (χ3v) is 3.01. The molecule has 88 valence electrons. The maximum absolute atomic E-state index is 12.1. The number of nitrogens with zero attached hydrogens (tertiary/aromatic N) is 1. The molecule has 0 spiro atoms. The molecule has 2 N–H and O–H groups in total. The highest BCUT2D eigenvalue weighted by Gasteiger charge is 2.32. The molecule has 0 aromatic rings. The van der Waals surface area contributed by atoms with E-state index in [2.05, 4.69) is 12.2 Å². The van der Waals surface area contributed by atoms with Crippen molar-refractivity contribution in [1.82, 2.24) is 10.2 Å². The summed E-state index contributed by atoms with van der Waals surface area (Å²) in [6.45, 7) is 7.14. The highest BCUT2D eigenvalue weighted by Crippen LogP contribution is 2.18. The second-order valence-electron chi connectivity index (χ2n) is 4.29. The van der Waals surface area contributed by atoms with E-state index in [0.29, 0.717) is 12.5 Å². The van der Waals surface area contributed by atoms with Gasteiger partial charge in [0, 0.05) is 19.6 Å². The summed E-state index contributed by atoms with van der Waals surface area (Å²) in [5, 5.41) is 12.1. The SMILES string of the molecule is CCCN(CCO)C(=O)[C@@H]1CNC[C@H]1C. The molecular weight excluding hydrogens is 192 g/mol. The van der Waals surface area contributed by atoms with Gasteiger partial charge in [-0.15, -0.1) is 0 Å². The van der Waals surface area contributed by atoms with Gasteiger partial charge in [0.1, 0.15) is 0 Å². The van der Waals surface area contributed by atoms with Gasteiger partial charge in [0.25, 0.3) is 0 Å². The van der Waals surface area contributed by atoms with E-state index in [1.165, 1.54) is 0 Å². The summed E-state index contributed by atoms with van der Waals surface area (Å²) in [7, 11) is 0. The molecule has 15 heavy (non-hydrogen) atoms. The van der Waals surface area contributed by atoms with E-state index in [1.54, 1.807) is 4.90 Å². The third kappa shape index (κ3) is 3.18. The van der Waals surface area contributed by atoms with E-state index in [0.717, 1.165) is 26.1 Å². The lowest BCUT2D eigenvalue weighted by atomic mass is 9.96. The van der Waals surface area contributed by atoms with E-state index < -0.39 is 0 Å². The van der Waals surface area contributed by atoms with Crippen molar-refractivity contribution in [2.75, 3.05) is 32.8 Å². The van der Waals surface area contributed by atoms with Gasteiger partial charge in [-0.25, -0.2) is 0 Å². The molecule has 0 unspecified atom stereocenters. The van der Waals surface area contributed by atoms with Gasteiger partial charge in [0.05, 0.1) is 12.5 Å². The highest BCUT2D eigenvalue weighted by atomic mass is 16.3. The van der Waals surface area contributed by atoms with Crippen molar-refractivity contribution in [1.29, 1.82) is 0 Å². The quantitative estimate of drug-likeness (QED) is 0.681. The second kappa shape index (κ2) is 6.08. The fourth-order valence-electron chi connectivity index (χ4n) is 2.10. The second-order valence-corrected chi connectivity index (χ2v) is 4.29. The zero-order chi connectivity index (χ0) is 11.3. The molecule has 1 heterocycles. The molecule has 1 saturated heterocycles. The van der Waals surface area contributed by atoms with E-state index in [9.17, 15) is 4.79 Å². The van der Waals surface area contributed by atoms with Crippen molar-refractivity contribution in [2.45, 2.75) is 20.3 Å². The van der Waals surface area contributed by atoms with Gasteiger partial charge < -0.3 is 15.3 Å². The fraction of sp³-hybridized carbons (Fsp3) is 0.909. The number of hydrogen-bond donors (Lipinski definition) is 2. The standard InChI is InChI=1S/C11H22N2O2/c1-3-4-13(5-6-14)11(15)10-8-12-7-9(10)2/h9-10,12,14H,3-8H2,1-2H3/t9-,10-/m1/s1. The van der Waals surface area contributed by atoms with Crippen molar-refractivity contribution < 1.29 is 9.90 Å². The predicted octanol–water partition coefficient (Wildman–Crippen LogP) is 0.0728. The summed E-state index contributed by atoms with van der Waals surface area (Å²) in [6, 6.07) is 0. The van der Waals surface area contributed by atoms with Gasteiger partial charge in [-0.2, -0.15) is 0 Å². The molecule has 1 aliphatic heterocycles. The number of amides is 1. The molecule has 0 aromatic heterocycles. The molecule has 0 saturated carbocycles. The Kier molecular flexibility index (Phi) is 5.05. The van der Waals surface area contributed by atoms with Crippen LogP contribution in [-0.2, 0) is 4.79 Å². The van der Waals surface area contributed by atoms with Crippen molar-refractivity contribution in [3.63, 3.8) is 0 Å². The smallest absolute Gasteiger partial charge is 0.227 e. The van der Waals surface area contributed by atoms with Gasteiger partial charge in [0.15, 0.2) is 0 Å². The lowest BCUT2D eigenvalue weighted by Crippen LogP contribution is -2.40. The molecule has 4 heteroatoms. The Morgan fingerprint density at radius 1 is 1.47 bits per heavy atom. The molecule has 0 radical (unpaired) electrons. The van der Waals surface area contributed by atoms with Crippen LogP contribution in [0.1, 0.15) is 20.3 Å². The van der Waals surface area contributed by atoms with E-state index in [1.807, 2.05) is 6.92 Å². The average molecular weight is 214 g/mol. The number of carbonyl (C=O) groups is 1. The minimum absolute atomic E-state index is 0.0558. The van der Waals surface area contributed by atoms with Crippen LogP contribution in [0.2, 0.25) is 0 Å². The maximum Gasteiger partial charge on any atom is 0.227 e. The number of aliphatic hydroxyl groups is 1. The van der Waals surface area contributed by atoms with E-state index in [-0.39, 0.29) is 18.4 Å². The minimum Gasteiger partial charge on any atom is -0.395 e. The minimum atomic E-state index is 0.0558. The fourth-order valence-corrected chi connectivity index (χ4v) is 2.10. The van der Waals surface area contributed by atoms with Gasteiger partial charge in [0.2, 0.25) is 5.91 Å². The van der Waals surface area contributed by atoms with Gasteiger partial charge >= 0.3 is 0 Å². The number of rotatable bonds is 5. The average Bonchev–Trinajstić information content (AvgIpc) is 2.63. The molecule has 0 aromatic carbocycles. The van der Waals surface area contributed by atoms with Crippen LogP contribution in [-0.4, -0.2) is 48.7 Å². The molecular formula is C11H22N2O2. The Labute approximate surface area is 91.6 Å². The Hall–Kier alpha value is -0.610. The van der Waals surface area contributed by atoms with Crippen LogP contribution >= 0.6 is 0 Å². The first-order valence-electron chi connectivity index (χ1n) is 5.81. The summed E-state index contributed by atoms with van der Waals surface area (Å²) >= 11 is 0.